The van der Waals surface area contributed by atoms with Gasteiger partial charge in [-0.25, -0.2) is 8.42 Å². The van der Waals surface area contributed by atoms with Gasteiger partial charge in [-0.05, 0) is 25.7 Å². The Labute approximate surface area is 115 Å². The van der Waals surface area contributed by atoms with Crippen molar-refractivity contribution >= 4 is 9.84 Å². The molecule has 6 heteroatoms. The highest BCUT2D eigenvalue weighted by molar-refractivity contribution is 7.91. The third kappa shape index (κ3) is 3.29. The van der Waals surface area contributed by atoms with Gasteiger partial charge < -0.3 is 14.8 Å². The maximum atomic E-state index is 11.7. The van der Waals surface area contributed by atoms with E-state index in [0.29, 0.717) is 24.2 Å². The molecule has 19 heavy (non-hydrogen) atoms. The highest BCUT2D eigenvalue weighted by Gasteiger charge is 2.41. The lowest BCUT2D eigenvalue weighted by Crippen LogP contribution is -2.52. The van der Waals surface area contributed by atoms with Crippen molar-refractivity contribution in [2.45, 2.75) is 49.8 Å². The fourth-order valence-corrected chi connectivity index (χ4v) is 5.17. The monoisotopic (exact) mass is 289 g/mol. The molecule has 1 spiro atoms. The summed E-state index contributed by atoms with van der Waals surface area (Å²) in [4.78, 5) is 0. The van der Waals surface area contributed by atoms with Crippen LogP contribution in [0.4, 0.5) is 0 Å². The molecule has 3 heterocycles. The van der Waals surface area contributed by atoms with Crippen LogP contribution in [0.5, 0.6) is 0 Å². The second kappa shape index (κ2) is 5.31. The molecular formula is C13H23NO4S. The van der Waals surface area contributed by atoms with Gasteiger partial charge >= 0.3 is 0 Å². The van der Waals surface area contributed by atoms with Gasteiger partial charge in [0.2, 0.25) is 0 Å². The van der Waals surface area contributed by atoms with Crippen LogP contribution in [0.1, 0.15) is 32.1 Å². The maximum Gasteiger partial charge on any atom is 0.151 e. The molecule has 0 aliphatic carbocycles. The molecule has 0 aromatic rings. The van der Waals surface area contributed by atoms with Gasteiger partial charge in [0.25, 0.3) is 0 Å². The number of hydrogen-bond acceptors (Lipinski definition) is 5. The van der Waals surface area contributed by atoms with Gasteiger partial charge in [-0.2, -0.15) is 0 Å². The minimum atomic E-state index is -2.83. The first kappa shape index (κ1) is 13.8. The second-order valence-electron chi connectivity index (χ2n) is 6.14. The fraction of sp³-hybridized carbons (Fsp3) is 1.00. The zero-order chi connectivity index (χ0) is 13.3. The molecule has 3 rings (SSSR count). The highest BCUT2D eigenvalue weighted by Crippen LogP contribution is 2.33. The molecule has 0 amide bonds. The Kier molecular flexibility index (Phi) is 3.86. The minimum Gasteiger partial charge on any atom is -0.378 e. The maximum absolute atomic E-state index is 11.7. The smallest absolute Gasteiger partial charge is 0.151 e. The molecule has 3 fully saturated rings. The number of rotatable bonds is 2. The molecule has 3 atom stereocenters. The normalized spacial score (nSPS) is 42.5. The van der Waals surface area contributed by atoms with E-state index in [1.807, 2.05) is 0 Å². The fourth-order valence-electron chi connectivity index (χ4n) is 3.52. The summed E-state index contributed by atoms with van der Waals surface area (Å²) >= 11 is 0. The minimum absolute atomic E-state index is 0.108. The summed E-state index contributed by atoms with van der Waals surface area (Å²) in [6.45, 7) is 2.22. The highest BCUT2D eigenvalue weighted by atomic mass is 32.2. The van der Waals surface area contributed by atoms with E-state index in [1.165, 1.54) is 0 Å². The van der Waals surface area contributed by atoms with Gasteiger partial charge in [-0.3, -0.25) is 0 Å². The summed E-state index contributed by atoms with van der Waals surface area (Å²) in [6, 6.07) is 0.495. The van der Waals surface area contributed by atoms with Crippen molar-refractivity contribution in [2.24, 2.45) is 0 Å². The Morgan fingerprint density at radius 1 is 1.16 bits per heavy atom. The van der Waals surface area contributed by atoms with Crippen LogP contribution in [0.2, 0.25) is 0 Å². The molecule has 0 bridgehead atoms. The van der Waals surface area contributed by atoms with Crippen LogP contribution in [0.15, 0.2) is 0 Å². The van der Waals surface area contributed by atoms with Crippen molar-refractivity contribution in [1.82, 2.24) is 5.32 Å². The van der Waals surface area contributed by atoms with Crippen molar-refractivity contribution in [3.63, 3.8) is 0 Å². The molecule has 5 nitrogen and oxygen atoms in total. The van der Waals surface area contributed by atoms with Crippen LogP contribution < -0.4 is 5.32 Å². The van der Waals surface area contributed by atoms with Gasteiger partial charge in [0.15, 0.2) is 9.84 Å². The first-order valence-electron chi connectivity index (χ1n) is 7.25. The van der Waals surface area contributed by atoms with E-state index in [4.69, 9.17) is 9.47 Å². The summed E-state index contributed by atoms with van der Waals surface area (Å²) in [7, 11) is -2.83. The molecule has 110 valence electrons. The van der Waals surface area contributed by atoms with Crippen LogP contribution in [0, 0.1) is 0 Å². The molecule has 3 saturated heterocycles. The van der Waals surface area contributed by atoms with Crippen LogP contribution in [0.3, 0.4) is 0 Å². The zero-order valence-electron chi connectivity index (χ0n) is 11.3. The largest absolute Gasteiger partial charge is 0.378 e. The molecule has 3 aliphatic rings. The topological polar surface area (TPSA) is 64.6 Å². The molecule has 0 aromatic carbocycles. The number of hydrogen-bond donors (Lipinski definition) is 1. The van der Waals surface area contributed by atoms with E-state index in [-0.39, 0.29) is 11.6 Å². The quantitative estimate of drug-likeness (QED) is 0.801. The molecule has 3 unspecified atom stereocenters. The Morgan fingerprint density at radius 3 is 2.79 bits per heavy atom. The molecule has 0 radical (unpaired) electrons. The van der Waals surface area contributed by atoms with Crippen LogP contribution >= 0.6 is 0 Å². The molecule has 3 aliphatic heterocycles. The average molecular weight is 289 g/mol. The van der Waals surface area contributed by atoms with Crippen molar-refractivity contribution in [3.8, 4) is 0 Å². The van der Waals surface area contributed by atoms with Crippen molar-refractivity contribution < 1.29 is 17.9 Å². The molecule has 0 saturated carbocycles. The zero-order valence-corrected chi connectivity index (χ0v) is 12.1. The van der Waals surface area contributed by atoms with Gasteiger partial charge in [-0.15, -0.1) is 0 Å². The summed E-state index contributed by atoms with van der Waals surface area (Å²) in [5.74, 6) is 0.657. The van der Waals surface area contributed by atoms with Gasteiger partial charge in [-0.1, -0.05) is 0 Å². The summed E-state index contributed by atoms with van der Waals surface area (Å²) < 4.78 is 34.7. The Balaban J connectivity index is 1.57. The second-order valence-corrected chi connectivity index (χ2v) is 8.37. The predicted molar refractivity (Wildman–Crippen MR) is 72.0 cm³/mol. The summed E-state index contributed by atoms with van der Waals surface area (Å²) in [6.07, 6.45) is 4.65. The lowest BCUT2D eigenvalue weighted by molar-refractivity contribution is -0.0902. The number of sulfone groups is 1. The van der Waals surface area contributed by atoms with Crippen LogP contribution in [0.25, 0.3) is 0 Å². The summed E-state index contributed by atoms with van der Waals surface area (Å²) in [5, 5.41) is 3.55. The average Bonchev–Trinajstić information content (AvgIpc) is 2.76. The lowest BCUT2D eigenvalue weighted by Gasteiger charge is -2.39. The van der Waals surface area contributed by atoms with Gasteiger partial charge in [0.1, 0.15) is 0 Å². The molecule has 0 aromatic heterocycles. The van der Waals surface area contributed by atoms with Gasteiger partial charge in [0.05, 0.1) is 23.7 Å². The predicted octanol–water partition coefficient (Wildman–Crippen LogP) is 0.491. The third-order valence-electron chi connectivity index (χ3n) is 4.49. The van der Waals surface area contributed by atoms with Crippen molar-refractivity contribution in [1.29, 1.82) is 0 Å². The van der Waals surface area contributed by atoms with Gasteiger partial charge in [0, 0.05) is 31.7 Å². The van der Waals surface area contributed by atoms with E-state index in [1.54, 1.807) is 0 Å². The standard InChI is InChI=1S/C13H23NO4S/c15-19(16)7-1-2-12(9-19)14-11-3-5-18-13(8-11)4-6-17-10-13/h11-12,14H,1-10H2. The summed E-state index contributed by atoms with van der Waals surface area (Å²) in [5.41, 5.74) is -0.108. The Bertz CT molecular complexity index is 416. The van der Waals surface area contributed by atoms with E-state index in [9.17, 15) is 8.42 Å². The van der Waals surface area contributed by atoms with Crippen molar-refractivity contribution in [2.75, 3.05) is 31.3 Å². The number of nitrogens with one attached hydrogen (secondary N) is 1. The van der Waals surface area contributed by atoms with Crippen molar-refractivity contribution in [3.05, 3.63) is 0 Å². The third-order valence-corrected chi connectivity index (χ3v) is 6.32. The van der Waals surface area contributed by atoms with E-state index >= 15 is 0 Å². The van der Waals surface area contributed by atoms with E-state index in [0.717, 1.165) is 45.3 Å². The van der Waals surface area contributed by atoms with Crippen LogP contribution in [-0.2, 0) is 19.3 Å². The first-order chi connectivity index (χ1) is 9.07. The molecule has 1 N–H and O–H groups in total. The Hall–Kier alpha value is -0.170. The Morgan fingerprint density at radius 2 is 2.05 bits per heavy atom. The first-order valence-corrected chi connectivity index (χ1v) is 9.07. The van der Waals surface area contributed by atoms with E-state index < -0.39 is 9.84 Å². The lowest BCUT2D eigenvalue weighted by atomic mass is 9.89. The van der Waals surface area contributed by atoms with Crippen LogP contribution in [-0.4, -0.2) is 57.4 Å². The number of ether oxygens (including phenoxy) is 2. The SMILES string of the molecule is O=S1(=O)CCCC(NC2CCOC3(CCOC3)C2)C1. The van der Waals surface area contributed by atoms with E-state index in [2.05, 4.69) is 5.32 Å². The molecular weight excluding hydrogens is 266 g/mol.